The van der Waals surface area contributed by atoms with Gasteiger partial charge in [-0.1, -0.05) is 6.07 Å². The van der Waals surface area contributed by atoms with Crippen LogP contribution in [0.5, 0.6) is 0 Å². The summed E-state index contributed by atoms with van der Waals surface area (Å²) in [5.74, 6) is 1.57. The first-order valence-electron chi connectivity index (χ1n) is 5.47. The van der Waals surface area contributed by atoms with Gasteiger partial charge in [0.25, 0.3) is 0 Å². The minimum Gasteiger partial charge on any atom is -0.384 e. The maximum Gasteiger partial charge on any atom is 0.132 e. The second-order valence-corrected chi connectivity index (χ2v) is 3.91. The summed E-state index contributed by atoms with van der Waals surface area (Å²) in [5.41, 5.74) is 5.69. The summed E-state index contributed by atoms with van der Waals surface area (Å²) in [6.07, 6.45) is 4.08. The summed E-state index contributed by atoms with van der Waals surface area (Å²) in [6.45, 7) is 1.06. The van der Waals surface area contributed by atoms with E-state index in [1.54, 1.807) is 0 Å². The number of rotatable bonds is 2. The van der Waals surface area contributed by atoms with E-state index < -0.39 is 0 Å². The molecule has 1 fully saturated rings. The largest absolute Gasteiger partial charge is 0.384 e. The van der Waals surface area contributed by atoms with Crippen LogP contribution in [0, 0.1) is 0 Å². The Morgan fingerprint density at radius 1 is 1.47 bits per heavy atom. The van der Waals surface area contributed by atoms with Gasteiger partial charge in [0.2, 0.25) is 0 Å². The van der Waals surface area contributed by atoms with Gasteiger partial charge >= 0.3 is 0 Å². The fraction of sp³-hybridized carbons (Fsp3) is 0.545. The molecule has 0 spiro atoms. The number of aromatic nitrogens is 1. The highest BCUT2D eigenvalue weighted by atomic mass is 15.3. The Morgan fingerprint density at radius 2 is 2.33 bits per heavy atom. The molecule has 0 amide bonds. The quantitative estimate of drug-likeness (QED) is 0.763. The molecule has 82 valence electrons. The second-order valence-electron chi connectivity index (χ2n) is 3.91. The maximum absolute atomic E-state index is 5.69. The van der Waals surface area contributed by atoms with Crippen LogP contribution in [0.2, 0.25) is 0 Å². The van der Waals surface area contributed by atoms with Crippen LogP contribution in [0.4, 0.5) is 11.6 Å². The van der Waals surface area contributed by atoms with E-state index in [9.17, 15) is 0 Å². The summed E-state index contributed by atoms with van der Waals surface area (Å²) in [4.78, 5) is 6.65. The molecule has 2 rings (SSSR count). The van der Waals surface area contributed by atoms with Crippen LogP contribution >= 0.6 is 0 Å². The third kappa shape index (κ3) is 2.21. The van der Waals surface area contributed by atoms with Crippen molar-refractivity contribution in [2.75, 3.05) is 24.2 Å². The number of hydrogen-bond acceptors (Lipinski definition) is 4. The molecule has 4 heteroatoms. The summed E-state index contributed by atoms with van der Waals surface area (Å²) in [6, 6.07) is 5.80. The van der Waals surface area contributed by atoms with Crippen LogP contribution in [-0.4, -0.2) is 24.7 Å². The second kappa shape index (κ2) is 4.49. The zero-order valence-electron chi connectivity index (χ0n) is 9.11. The Hall–Kier alpha value is -1.29. The molecule has 1 aromatic heterocycles. The third-order valence-electron chi connectivity index (χ3n) is 2.89. The van der Waals surface area contributed by atoms with Crippen molar-refractivity contribution in [3.8, 4) is 0 Å². The van der Waals surface area contributed by atoms with Gasteiger partial charge in [-0.3, -0.25) is 0 Å². The lowest BCUT2D eigenvalue weighted by molar-refractivity contribution is 0.415. The van der Waals surface area contributed by atoms with Crippen molar-refractivity contribution < 1.29 is 0 Å². The van der Waals surface area contributed by atoms with Crippen LogP contribution in [0.25, 0.3) is 0 Å². The van der Waals surface area contributed by atoms with Gasteiger partial charge in [0.05, 0.1) is 6.17 Å². The molecular weight excluding hydrogens is 188 g/mol. The van der Waals surface area contributed by atoms with Crippen LogP contribution in [-0.2, 0) is 0 Å². The Morgan fingerprint density at radius 3 is 3.07 bits per heavy atom. The monoisotopic (exact) mass is 206 g/mol. The van der Waals surface area contributed by atoms with Gasteiger partial charge in [0, 0.05) is 6.54 Å². The smallest absolute Gasteiger partial charge is 0.132 e. The van der Waals surface area contributed by atoms with Crippen molar-refractivity contribution in [3.63, 3.8) is 0 Å². The number of piperidine rings is 1. The number of nitrogens with zero attached hydrogens (tertiary/aromatic N) is 2. The zero-order valence-corrected chi connectivity index (χ0v) is 9.11. The molecule has 4 nitrogen and oxygen atoms in total. The van der Waals surface area contributed by atoms with E-state index in [1.807, 2.05) is 25.2 Å². The van der Waals surface area contributed by atoms with Crippen LogP contribution < -0.4 is 16.0 Å². The molecule has 2 heterocycles. The van der Waals surface area contributed by atoms with Crippen LogP contribution in [0.3, 0.4) is 0 Å². The highest BCUT2D eigenvalue weighted by Gasteiger charge is 2.21. The number of anilines is 2. The molecule has 0 aromatic carbocycles. The average Bonchev–Trinajstić information content (AvgIpc) is 2.29. The van der Waals surface area contributed by atoms with E-state index in [4.69, 9.17) is 5.73 Å². The number of nitrogens with one attached hydrogen (secondary N) is 1. The standard InChI is InChI=1S/C11H18N4/c1-13-10-6-2-3-8-15(10)11-7-4-5-9(12)14-11/h4-5,7,10,13H,2-3,6,8H2,1H3,(H2,12,14). The van der Waals surface area contributed by atoms with E-state index in [2.05, 4.69) is 15.2 Å². The molecule has 1 aliphatic rings. The molecule has 0 bridgehead atoms. The SMILES string of the molecule is CNC1CCCCN1c1cccc(N)n1. The lowest BCUT2D eigenvalue weighted by Gasteiger charge is -2.36. The fourth-order valence-corrected chi connectivity index (χ4v) is 2.11. The first-order valence-corrected chi connectivity index (χ1v) is 5.47. The topological polar surface area (TPSA) is 54.2 Å². The van der Waals surface area contributed by atoms with Crippen LogP contribution in [0.1, 0.15) is 19.3 Å². The number of hydrogen-bond donors (Lipinski definition) is 2. The first kappa shape index (κ1) is 10.2. The molecule has 0 saturated carbocycles. The van der Waals surface area contributed by atoms with Crippen LogP contribution in [0.15, 0.2) is 18.2 Å². The molecule has 1 unspecified atom stereocenters. The number of nitrogen functional groups attached to an aromatic ring is 1. The van der Waals surface area contributed by atoms with Gasteiger partial charge in [0.1, 0.15) is 11.6 Å². The highest BCUT2D eigenvalue weighted by molar-refractivity contribution is 5.45. The third-order valence-corrected chi connectivity index (χ3v) is 2.89. The Labute approximate surface area is 90.5 Å². The fourth-order valence-electron chi connectivity index (χ4n) is 2.11. The zero-order chi connectivity index (χ0) is 10.7. The summed E-state index contributed by atoms with van der Waals surface area (Å²) in [7, 11) is 2.00. The van der Waals surface area contributed by atoms with E-state index in [0.717, 1.165) is 12.4 Å². The molecule has 0 radical (unpaired) electrons. The predicted molar refractivity (Wildman–Crippen MR) is 62.7 cm³/mol. The van der Waals surface area contributed by atoms with Crippen molar-refractivity contribution in [1.29, 1.82) is 0 Å². The molecule has 1 saturated heterocycles. The van der Waals surface area contributed by atoms with E-state index >= 15 is 0 Å². The molecule has 15 heavy (non-hydrogen) atoms. The Kier molecular flexibility index (Phi) is 3.06. The molecule has 1 atom stereocenters. The van der Waals surface area contributed by atoms with Crippen molar-refractivity contribution in [2.45, 2.75) is 25.4 Å². The van der Waals surface area contributed by atoms with Gasteiger partial charge in [-0.15, -0.1) is 0 Å². The van der Waals surface area contributed by atoms with Gasteiger partial charge in [-0.05, 0) is 38.4 Å². The first-order chi connectivity index (χ1) is 7.31. The molecule has 1 aromatic rings. The maximum atomic E-state index is 5.69. The molecular formula is C11H18N4. The normalized spacial score (nSPS) is 21.7. The lowest BCUT2D eigenvalue weighted by atomic mass is 10.1. The molecule has 3 N–H and O–H groups in total. The van der Waals surface area contributed by atoms with Gasteiger partial charge in [0.15, 0.2) is 0 Å². The van der Waals surface area contributed by atoms with Crippen molar-refractivity contribution >= 4 is 11.6 Å². The highest BCUT2D eigenvalue weighted by Crippen LogP contribution is 2.21. The molecule has 1 aliphatic heterocycles. The average molecular weight is 206 g/mol. The number of pyridine rings is 1. The summed E-state index contributed by atoms with van der Waals surface area (Å²) < 4.78 is 0. The van der Waals surface area contributed by atoms with Crippen molar-refractivity contribution in [1.82, 2.24) is 10.3 Å². The van der Waals surface area contributed by atoms with Gasteiger partial charge < -0.3 is 16.0 Å². The van der Waals surface area contributed by atoms with E-state index in [1.165, 1.54) is 19.3 Å². The van der Waals surface area contributed by atoms with Crippen molar-refractivity contribution in [2.24, 2.45) is 0 Å². The Balaban J connectivity index is 2.20. The Bertz CT molecular complexity index is 326. The van der Waals surface area contributed by atoms with Gasteiger partial charge in [-0.25, -0.2) is 4.98 Å². The lowest BCUT2D eigenvalue weighted by Crippen LogP contribution is -2.47. The summed E-state index contributed by atoms with van der Waals surface area (Å²) >= 11 is 0. The minimum absolute atomic E-state index is 0.396. The van der Waals surface area contributed by atoms with E-state index in [-0.39, 0.29) is 0 Å². The molecule has 0 aliphatic carbocycles. The van der Waals surface area contributed by atoms with E-state index in [0.29, 0.717) is 12.0 Å². The predicted octanol–water partition coefficient (Wildman–Crippen LogP) is 1.20. The van der Waals surface area contributed by atoms with Crippen molar-refractivity contribution in [3.05, 3.63) is 18.2 Å². The number of nitrogens with two attached hydrogens (primary N) is 1. The summed E-state index contributed by atoms with van der Waals surface area (Å²) in [5, 5.41) is 3.32. The van der Waals surface area contributed by atoms with Gasteiger partial charge in [-0.2, -0.15) is 0 Å². The minimum atomic E-state index is 0.396.